The van der Waals surface area contributed by atoms with Crippen molar-refractivity contribution in [2.45, 2.75) is 38.4 Å². The molecule has 0 radical (unpaired) electrons. The van der Waals surface area contributed by atoms with E-state index < -0.39 is 6.17 Å². The summed E-state index contributed by atoms with van der Waals surface area (Å²) < 4.78 is 18.8. The fourth-order valence-corrected chi connectivity index (χ4v) is 2.60. The van der Waals surface area contributed by atoms with E-state index in [0.29, 0.717) is 12.6 Å². The van der Waals surface area contributed by atoms with E-state index in [-0.39, 0.29) is 5.92 Å². The van der Waals surface area contributed by atoms with Crippen LogP contribution in [0.3, 0.4) is 0 Å². The van der Waals surface area contributed by atoms with Crippen LogP contribution in [0.4, 0.5) is 4.39 Å². The van der Waals surface area contributed by atoms with E-state index in [1.165, 1.54) is 0 Å². The lowest BCUT2D eigenvalue weighted by molar-refractivity contribution is 0.0398. The second-order valence-electron chi connectivity index (χ2n) is 4.48. The fraction of sp³-hybridized carbons (Fsp3) is 1.00. The standard InChI is InChI=1S/C11H20FNO/c1-2-9-7-13(8-11(9)12)10-3-5-14-6-4-10/h9-11H,2-8H2,1H3/t9-,11+/m1/s1. The predicted octanol–water partition coefficient (Wildman–Crippen LogP) is 1.85. The minimum atomic E-state index is -0.595. The van der Waals surface area contributed by atoms with Gasteiger partial charge in [-0.05, 0) is 19.3 Å². The monoisotopic (exact) mass is 201 g/mol. The number of rotatable bonds is 2. The average Bonchev–Trinajstić information content (AvgIpc) is 2.61. The molecule has 2 rings (SSSR count). The Kier molecular flexibility index (Phi) is 3.39. The van der Waals surface area contributed by atoms with Gasteiger partial charge in [0.2, 0.25) is 0 Å². The molecule has 0 N–H and O–H groups in total. The maximum Gasteiger partial charge on any atom is 0.117 e. The van der Waals surface area contributed by atoms with E-state index in [4.69, 9.17) is 4.74 Å². The summed E-state index contributed by atoms with van der Waals surface area (Å²) in [6.07, 6.45) is 2.55. The zero-order valence-corrected chi connectivity index (χ0v) is 8.92. The predicted molar refractivity (Wildman–Crippen MR) is 54.1 cm³/mol. The molecule has 82 valence electrons. The molecule has 14 heavy (non-hydrogen) atoms. The Morgan fingerprint density at radius 1 is 1.29 bits per heavy atom. The van der Waals surface area contributed by atoms with E-state index in [1.807, 2.05) is 0 Å². The molecule has 2 atom stereocenters. The number of hydrogen-bond acceptors (Lipinski definition) is 2. The van der Waals surface area contributed by atoms with Gasteiger partial charge in [0.05, 0.1) is 0 Å². The Labute approximate surface area is 85.4 Å². The molecule has 2 heterocycles. The topological polar surface area (TPSA) is 12.5 Å². The van der Waals surface area contributed by atoms with Gasteiger partial charge in [0, 0.05) is 38.3 Å². The third-order valence-corrected chi connectivity index (χ3v) is 3.62. The quantitative estimate of drug-likeness (QED) is 0.676. The molecule has 2 fully saturated rings. The molecule has 2 aliphatic heterocycles. The molecule has 0 spiro atoms. The lowest BCUT2D eigenvalue weighted by Gasteiger charge is -2.30. The second-order valence-corrected chi connectivity index (χ2v) is 4.48. The van der Waals surface area contributed by atoms with E-state index >= 15 is 0 Å². The summed E-state index contributed by atoms with van der Waals surface area (Å²) in [5, 5.41) is 0. The molecule has 0 aromatic heterocycles. The Morgan fingerprint density at radius 3 is 2.57 bits per heavy atom. The normalized spacial score (nSPS) is 36.4. The van der Waals surface area contributed by atoms with E-state index in [9.17, 15) is 4.39 Å². The molecule has 0 bridgehead atoms. The lowest BCUT2D eigenvalue weighted by atomic mass is 10.0. The maximum atomic E-state index is 13.5. The molecule has 0 aromatic carbocycles. The van der Waals surface area contributed by atoms with Crippen molar-refractivity contribution >= 4 is 0 Å². The van der Waals surface area contributed by atoms with Crippen molar-refractivity contribution in [3.63, 3.8) is 0 Å². The number of ether oxygens (including phenoxy) is 1. The highest BCUT2D eigenvalue weighted by atomic mass is 19.1. The van der Waals surface area contributed by atoms with Gasteiger partial charge in [-0.25, -0.2) is 4.39 Å². The minimum Gasteiger partial charge on any atom is -0.381 e. The van der Waals surface area contributed by atoms with Crippen LogP contribution < -0.4 is 0 Å². The second kappa shape index (κ2) is 4.58. The third-order valence-electron chi connectivity index (χ3n) is 3.62. The highest BCUT2D eigenvalue weighted by Crippen LogP contribution is 2.27. The van der Waals surface area contributed by atoms with Crippen molar-refractivity contribution in [3.05, 3.63) is 0 Å². The summed E-state index contributed by atoms with van der Waals surface area (Å²) in [6.45, 7) is 5.42. The van der Waals surface area contributed by atoms with Gasteiger partial charge in [0.25, 0.3) is 0 Å². The van der Waals surface area contributed by atoms with Crippen molar-refractivity contribution < 1.29 is 9.13 Å². The van der Waals surface area contributed by atoms with Crippen molar-refractivity contribution in [2.75, 3.05) is 26.3 Å². The molecule has 0 amide bonds. The fourth-order valence-electron chi connectivity index (χ4n) is 2.60. The molecule has 2 saturated heterocycles. The van der Waals surface area contributed by atoms with E-state index in [2.05, 4.69) is 11.8 Å². The van der Waals surface area contributed by atoms with Crippen molar-refractivity contribution in [1.29, 1.82) is 0 Å². The van der Waals surface area contributed by atoms with Crippen LogP contribution >= 0.6 is 0 Å². The summed E-state index contributed by atoms with van der Waals surface area (Å²) in [7, 11) is 0. The van der Waals surface area contributed by atoms with Gasteiger partial charge < -0.3 is 4.74 Å². The minimum absolute atomic E-state index is 0.276. The first-order valence-corrected chi connectivity index (χ1v) is 5.77. The number of alkyl halides is 1. The highest BCUT2D eigenvalue weighted by molar-refractivity contribution is 4.87. The number of likely N-dealkylation sites (tertiary alicyclic amines) is 1. The van der Waals surface area contributed by atoms with Crippen LogP contribution in [0.2, 0.25) is 0 Å². The first-order chi connectivity index (χ1) is 6.81. The highest BCUT2D eigenvalue weighted by Gasteiger charge is 2.35. The van der Waals surface area contributed by atoms with Gasteiger partial charge in [0.15, 0.2) is 0 Å². The number of nitrogens with zero attached hydrogens (tertiary/aromatic N) is 1. The first-order valence-electron chi connectivity index (χ1n) is 5.77. The summed E-state index contributed by atoms with van der Waals surface area (Å²) in [4.78, 5) is 2.33. The molecule has 2 nitrogen and oxygen atoms in total. The van der Waals surface area contributed by atoms with Crippen molar-refractivity contribution in [3.8, 4) is 0 Å². The zero-order valence-electron chi connectivity index (χ0n) is 8.92. The Morgan fingerprint density at radius 2 is 2.00 bits per heavy atom. The maximum absolute atomic E-state index is 13.5. The molecule has 0 unspecified atom stereocenters. The summed E-state index contributed by atoms with van der Waals surface area (Å²) in [5.41, 5.74) is 0. The van der Waals surface area contributed by atoms with Crippen LogP contribution in [-0.4, -0.2) is 43.4 Å². The molecule has 0 saturated carbocycles. The molecular weight excluding hydrogens is 181 g/mol. The number of hydrogen-bond donors (Lipinski definition) is 0. The Hall–Kier alpha value is -0.150. The smallest absolute Gasteiger partial charge is 0.117 e. The Bertz CT molecular complexity index is 182. The van der Waals surface area contributed by atoms with Crippen LogP contribution in [0.25, 0.3) is 0 Å². The molecule has 0 aliphatic carbocycles. The zero-order chi connectivity index (χ0) is 9.97. The van der Waals surface area contributed by atoms with Crippen LogP contribution in [0, 0.1) is 5.92 Å². The van der Waals surface area contributed by atoms with Gasteiger partial charge in [-0.3, -0.25) is 4.90 Å². The van der Waals surface area contributed by atoms with Gasteiger partial charge in [-0.2, -0.15) is 0 Å². The summed E-state index contributed by atoms with van der Waals surface area (Å²) in [6, 6.07) is 0.582. The average molecular weight is 201 g/mol. The van der Waals surface area contributed by atoms with E-state index in [0.717, 1.165) is 39.0 Å². The van der Waals surface area contributed by atoms with Gasteiger partial charge in [0.1, 0.15) is 6.17 Å². The van der Waals surface area contributed by atoms with Crippen LogP contribution in [-0.2, 0) is 4.74 Å². The van der Waals surface area contributed by atoms with Gasteiger partial charge >= 0.3 is 0 Å². The lowest BCUT2D eigenvalue weighted by Crippen LogP contribution is -2.38. The molecular formula is C11H20FNO. The molecule has 3 heteroatoms. The number of halogens is 1. The van der Waals surface area contributed by atoms with E-state index in [1.54, 1.807) is 0 Å². The van der Waals surface area contributed by atoms with Crippen molar-refractivity contribution in [1.82, 2.24) is 4.90 Å². The SMILES string of the molecule is CC[C@@H]1CN(C2CCOCC2)C[C@@H]1F. The van der Waals surface area contributed by atoms with Crippen molar-refractivity contribution in [2.24, 2.45) is 5.92 Å². The summed E-state index contributed by atoms with van der Waals surface area (Å²) in [5.74, 6) is 0.276. The van der Waals surface area contributed by atoms with Crippen LogP contribution in [0.15, 0.2) is 0 Å². The third kappa shape index (κ3) is 2.09. The molecule has 0 aromatic rings. The Balaban J connectivity index is 1.86. The molecule has 2 aliphatic rings. The van der Waals surface area contributed by atoms with Gasteiger partial charge in [-0.15, -0.1) is 0 Å². The first kappa shape index (κ1) is 10.4. The van der Waals surface area contributed by atoms with Gasteiger partial charge in [-0.1, -0.05) is 6.92 Å². The van der Waals surface area contributed by atoms with Crippen LogP contribution in [0.5, 0.6) is 0 Å². The summed E-state index contributed by atoms with van der Waals surface area (Å²) >= 11 is 0. The largest absolute Gasteiger partial charge is 0.381 e. The van der Waals surface area contributed by atoms with Crippen LogP contribution in [0.1, 0.15) is 26.2 Å².